The van der Waals surface area contributed by atoms with Crippen molar-refractivity contribution in [2.45, 2.75) is 26.8 Å². The van der Waals surface area contributed by atoms with Gasteiger partial charge in [0.15, 0.2) is 0 Å². The molecule has 0 saturated heterocycles. The van der Waals surface area contributed by atoms with Crippen LogP contribution >= 0.6 is 0 Å². The van der Waals surface area contributed by atoms with Gasteiger partial charge in [0, 0.05) is 18.1 Å². The fraction of sp³-hybridized carbons (Fsp3) is 0.308. The van der Waals surface area contributed by atoms with Gasteiger partial charge < -0.3 is 5.32 Å². The van der Waals surface area contributed by atoms with Crippen LogP contribution in [0.3, 0.4) is 0 Å². The fourth-order valence-electron chi connectivity index (χ4n) is 1.54. The van der Waals surface area contributed by atoms with Gasteiger partial charge in [-0.3, -0.25) is 4.98 Å². The molecule has 2 rings (SSSR count). The van der Waals surface area contributed by atoms with Gasteiger partial charge in [0.05, 0.1) is 12.2 Å². The van der Waals surface area contributed by atoms with E-state index in [1.54, 1.807) is 12.4 Å². The Labute approximate surface area is 105 Å². The second-order valence-electron chi connectivity index (χ2n) is 4.26. The number of nitrogens with zero attached hydrogens (tertiary/aromatic N) is 3. The van der Waals surface area contributed by atoms with Crippen LogP contribution in [0.2, 0.25) is 0 Å². The predicted molar refractivity (Wildman–Crippen MR) is 67.7 cm³/mol. The summed E-state index contributed by atoms with van der Waals surface area (Å²) in [6, 6.07) is 1.35. The summed E-state index contributed by atoms with van der Waals surface area (Å²) < 4.78 is 13.1. The number of aryl methyl sites for hydroxylation is 2. The van der Waals surface area contributed by atoms with Crippen molar-refractivity contribution in [2.75, 3.05) is 5.32 Å². The van der Waals surface area contributed by atoms with Gasteiger partial charge in [-0.1, -0.05) is 0 Å². The van der Waals surface area contributed by atoms with Crippen LogP contribution in [0.25, 0.3) is 0 Å². The minimum absolute atomic E-state index is 0.102. The molecule has 5 heteroatoms. The summed E-state index contributed by atoms with van der Waals surface area (Å²) in [6.07, 6.45) is 4.58. The quantitative estimate of drug-likeness (QED) is 0.904. The van der Waals surface area contributed by atoms with Crippen LogP contribution in [0, 0.1) is 19.7 Å². The van der Waals surface area contributed by atoms with Crippen LogP contribution in [-0.4, -0.2) is 15.0 Å². The maximum Gasteiger partial charge on any atom is 0.223 e. The molecule has 18 heavy (non-hydrogen) atoms. The zero-order valence-corrected chi connectivity index (χ0v) is 10.6. The molecule has 1 atom stereocenters. The number of anilines is 1. The standard InChI is InChI=1S/C13H15FN4/c1-8-5-16-13(17-9(8)2)18-10(3)11-4-12(14)7-15-6-11/h4-7,10H,1-3H3,(H,16,17,18)/t10-/m0/s1. The van der Waals surface area contributed by atoms with Gasteiger partial charge in [0.1, 0.15) is 5.82 Å². The van der Waals surface area contributed by atoms with Crippen molar-refractivity contribution in [1.82, 2.24) is 15.0 Å². The number of aromatic nitrogens is 3. The van der Waals surface area contributed by atoms with Crippen molar-refractivity contribution in [3.05, 3.63) is 47.3 Å². The highest BCUT2D eigenvalue weighted by atomic mass is 19.1. The van der Waals surface area contributed by atoms with Crippen LogP contribution in [-0.2, 0) is 0 Å². The largest absolute Gasteiger partial charge is 0.348 e. The van der Waals surface area contributed by atoms with Crippen molar-refractivity contribution in [2.24, 2.45) is 0 Å². The van der Waals surface area contributed by atoms with E-state index < -0.39 is 0 Å². The number of halogens is 1. The van der Waals surface area contributed by atoms with Gasteiger partial charge >= 0.3 is 0 Å². The zero-order chi connectivity index (χ0) is 13.1. The van der Waals surface area contributed by atoms with E-state index in [0.29, 0.717) is 5.95 Å². The predicted octanol–water partition coefficient (Wildman–Crippen LogP) is 2.80. The number of pyridine rings is 1. The van der Waals surface area contributed by atoms with Crippen LogP contribution < -0.4 is 5.32 Å². The first-order valence-electron chi connectivity index (χ1n) is 5.73. The van der Waals surface area contributed by atoms with E-state index >= 15 is 0 Å². The topological polar surface area (TPSA) is 50.7 Å². The second-order valence-corrected chi connectivity index (χ2v) is 4.26. The molecule has 4 nitrogen and oxygen atoms in total. The van der Waals surface area contributed by atoms with Crippen LogP contribution in [0.15, 0.2) is 24.7 Å². The Morgan fingerprint density at radius 3 is 2.67 bits per heavy atom. The molecule has 0 aliphatic rings. The van der Waals surface area contributed by atoms with E-state index in [1.807, 2.05) is 20.8 Å². The van der Waals surface area contributed by atoms with Crippen LogP contribution in [0.5, 0.6) is 0 Å². The summed E-state index contributed by atoms with van der Waals surface area (Å²) in [4.78, 5) is 12.3. The highest BCUT2D eigenvalue weighted by Gasteiger charge is 2.08. The molecule has 0 fully saturated rings. The van der Waals surface area contributed by atoms with E-state index in [4.69, 9.17) is 0 Å². The van der Waals surface area contributed by atoms with Crippen molar-refractivity contribution in [3.8, 4) is 0 Å². The Morgan fingerprint density at radius 2 is 2.00 bits per heavy atom. The molecular formula is C13H15FN4. The Hall–Kier alpha value is -2.04. The van der Waals surface area contributed by atoms with E-state index in [2.05, 4.69) is 20.3 Å². The number of hydrogen-bond donors (Lipinski definition) is 1. The van der Waals surface area contributed by atoms with Crippen molar-refractivity contribution in [1.29, 1.82) is 0 Å². The maximum atomic E-state index is 13.1. The van der Waals surface area contributed by atoms with Gasteiger partial charge in [-0.05, 0) is 38.0 Å². The zero-order valence-electron chi connectivity index (χ0n) is 10.6. The molecule has 0 saturated carbocycles. The first-order chi connectivity index (χ1) is 8.56. The molecule has 0 aliphatic heterocycles. The Bertz CT molecular complexity index is 556. The molecule has 0 unspecified atom stereocenters. The molecule has 0 radical (unpaired) electrons. The molecule has 0 aliphatic carbocycles. The van der Waals surface area contributed by atoms with E-state index in [1.165, 1.54) is 12.3 Å². The second kappa shape index (κ2) is 5.08. The van der Waals surface area contributed by atoms with Gasteiger partial charge in [-0.2, -0.15) is 0 Å². The van der Waals surface area contributed by atoms with Gasteiger partial charge in [0.25, 0.3) is 0 Å². The van der Waals surface area contributed by atoms with E-state index in [-0.39, 0.29) is 11.9 Å². The molecular weight excluding hydrogens is 231 g/mol. The molecule has 0 aromatic carbocycles. The molecule has 1 N–H and O–H groups in total. The molecule has 2 aromatic rings. The Morgan fingerprint density at radius 1 is 1.22 bits per heavy atom. The van der Waals surface area contributed by atoms with E-state index in [0.717, 1.165) is 16.8 Å². The van der Waals surface area contributed by atoms with E-state index in [9.17, 15) is 4.39 Å². The average Bonchev–Trinajstić information content (AvgIpc) is 2.34. The van der Waals surface area contributed by atoms with Gasteiger partial charge in [0.2, 0.25) is 5.95 Å². The summed E-state index contributed by atoms with van der Waals surface area (Å²) in [5, 5.41) is 3.12. The molecule has 0 spiro atoms. The summed E-state index contributed by atoms with van der Waals surface area (Å²) in [5.74, 6) is 0.192. The number of rotatable bonds is 3. The lowest BCUT2D eigenvalue weighted by molar-refractivity contribution is 0.616. The molecule has 2 aromatic heterocycles. The summed E-state index contributed by atoms with van der Waals surface area (Å²) in [5.41, 5.74) is 2.73. The SMILES string of the molecule is Cc1cnc(N[C@@H](C)c2cncc(F)c2)nc1C. The first kappa shape index (κ1) is 12.4. The minimum Gasteiger partial charge on any atom is -0.348 e. The smallest absolute Gasteiger partial charge is 0.223 e. The minimum atomic E-state index is -0.345. The maximum absolute atomic E-state index is 13.1. The number of hydrogen-bond acceptors (Lipinski definition) is 4. The first-order valence-corrected chi connectivity index (χ1v) is 5.73. The fourth-order valence-corrected chi connectivity index (χ4v) is 1.54. The lowest BCUT2D eigenvalue weighted by atomic mass is 10.1. The van der Waals surface area contributed by atoms with Crippen molar-refractivity contribution in [3.63, 3.8) is 0 Å². The lowest BCUT2D eigenvalue weighted by Gasteiger charge is -2.14. The van der Waals surface area contributed by atoms with Crippen molar-refractivity contribution >= 4 is 5.95 Å². The third-order valence-electron chi connectivity index (χ3n) is 2.80. The lowest BCUT2D eigenvalue weighted by Crippen LogP contribution is -2.10. The average molecular weight is 246 g/mol. The molecule has 2 heterocycles. The molecule has 0 bridgehead atoms. The third-order valence-corrected chi connectivity index (χ3v) is 2.80. The summed E-state index contributed by atoms with van der Waals surface area (Å²) in [6.45, 7) is 5.80. The Balaban J connectivity index is 2.16. The molecule has 0 amide bonds. The highest BCUT2D eigenvalue weighted by molar-refractivity contribution is 5.32. The Kier molecular flexibility index (Phi) is 3.50. The summed E-state index contributed by atoms with van der Waals surface area (Å²) in [7, 11) is 0. The third kappa shape index (κ3) is 2.80. The van der Waals surface area contributed by atoms with Gasteiger partial charge in [-0.25, -0.2) is 14.4 Å². The highest BCUT2D eigenvalue weighted by Crippen LogP contribution is 2.17. The monoisotopic (exact) mass is 246 g/mol. The summed E-state index contributed by atoms with van der Waals surface area (Å²) >= 11 is 0. The van der Waals surface area contributed by atoms with Gasteiger partial charge in [-0.15, -0.1) is 0 Å². The normalized spacial score (nSPS) is 12.2. The number of nitrogens with one attached hydrogen (secondary N) is 1. The van der Waals surface area contributed by atoms with Crippen LogP contribution in [0.4, 0.5) is 10.3 Å². The van der Waals surface area contributed by atoms with Crippen LogP contribution in [0.1, 0.15) is 29.8 Å². The van der Waals surface area contributed by atoms with Crippen molar-refractivity contribution < 1.29 is 4.39 Å². The molecule has 94 valence electrons.